The predicted molar refractivity (Wildman–Crippen MR) is 41.7 cm³/mol. The van der Waals surface area contributed by atoms with Crippen molar-refractivity contribution in [3.8, 4) is 0 Å². The molecule has 0 unspecified atom stereocenters. The second kappa shape index (κ2) is 2.89. The Hall–Kier alpha value is -0.0700. The van der Waals surface area contributed by atoms with Crippen LogP contribution in [-0.2, 0) is 0 Å². The summed E-state index contributed by atoms with van der Waals surface area (Å²) < 4.78 is 12.5. The molecule has 1 saturated carbocycles. The van der Waals surface area contributed by atoms with Gasteiger partial charge in [0.2, 0.25) is 0 Å². The van der Waals surface area contributed by atoms with Gasteiger partial charge in [0.15, 0.2) is 0 Å². The molecule has 0 amide bonds. The van der Waals surface area contributed by atoms with Crippen LogP contribution < -0.4 is 0 Å². The fourth-order valence-electron chi connectivity index (χ4n) is 1.94. The number of hydrogen-bond donors (Lipinski definition) is 0. The van der Waals surface area contributed by atoms with Crippen molar-refractivity contribution in [3.05, 3.63) is 0 Å². The minimum Gasteiger partial charge on any atom is -0.250 e. The maximum Gasteiger partial charge on any atom is 0.0950 e. The third kappa shape index (κ3) is 1.50. The van der Waals surface area contributed by atoms with Crippen LogP contribution >= 0.6 is 0 Å². The Bertz CT molecular complexity index is 97.8. The molecule has 1 heteroatoms. The molecule has 60 valence electrons. The van der Waals surface area contributed by atoms with E-state index in [0.29, 0.717) is 5.92 Å². The van der Waals surface area contributed by atoms with E-state index in [2.05, 4.69) is 13.8 Å². The lowest BCUT2D eigenvalue weighted by Gasteiger charge is -2.40. The van der Waals surface area contributed by atoms with E-state index in [0.717, 1.165) is 19.3 Å². The molecule has 1 rings (SSSR count). The first-order valence-corrected chi connectivity index (χ1v) is 4.24. The van der Waals surface area contributed by atoms with Crippen molar-refractivity contribution in [2.24, 2.45) is 11.3 Å². The maximum atomic E-state index is 12.5. The van der Waals surface area contributed by atoms with Crippen LogP contribution in [0, 0.1) is 11.3 Å². The van der Waals surface area contributed by atoms with Crippen molar-refractivity contribution in [1.29, 1.82) is 0 Å². The smallest absolute Gasteiger partial charge is 0.0950 e. The SMILES string of the molecule is CC(C)CC1(CF)CCC1. The van der Waals surface area contributed by atoms with Gasteiger partial charge in [-0.25, -0.2) is 0 Å². The normalized spacial score (nSPS) is 22.8. The van der Waals surface area contributed by atoms with Crippen LogP contribution in [0.2, 0.25) is 0 Å². The second-order valence-electron chi connectivity index (χ2n) is 4.09. The van der Waals surface area contributed by atoms with E-state index in [1.165, 1.54) is 6.42 Å². The number of rotatable bonds is 3. The molecule has 0 aromatic carbocycles. The zero-order valence-corrected chi connectivity index (χ0v) is 6.99. The third-order valence-electron chi connectivity index (χ3n) is 2.54. The predicted octanol–water partition coefficient (Wildman–Crippen LogP) is 3.17. The molecule has 0 radical (unpaired) electrons. The Labute approximate surface area is 62.8 Å². The quantitative estimate of drug-likeness (QED) is 0.570. The van der Waals surface area contributed by atoms with Crippen LogP contribution in [0.25, 0.3) is 0 Å². The summed E-state index contributed by atoms with van der Waals surface area (Å²) in [6, 6.07) is 0. The Morgan fingerprint density at radius 1 is 1.40 bits per heavy atom. The lowest BCUT2D eigenvalue weighted by molar-refractivity contribution is 0.0648. The van der Waals surface area contributed by atoms with Gasteiger partial charge in [0.1, 0.15) is 0 Å². The van der Waals surface area contributed by atoms with Crippen LogP contribution in [0.1, 0.15) is 39.5 Å². The van der Waals surface area contributed by atoms with E-state index < -0.39 is 0 Å². The summed E-state index contributed by atoms with van der Waals surface area (Å²) in [6.07, 6.45) is 4.59. The third-order valence-corrected chi connectivity index (χ3v) is 2.54. The average Bonchev–Trinajstić information content (AvgIpc) is 1.78. The van der Waals surface area contributed by atoms with Gasteiger partial charge in [0.05, 0.1) is 6.67 Å². The first-order chi connectivity index (χ1) is 4.68. The lowest BCUT2D eigenvalue weighted by atomic mass is 9.65. The summed E-state index contributed by atoms with van der Waals surface area (Å²) in [4.78, 5) is 0. The van der Waals surface area contributed by atoms with E-state index in [-0.39, 0.29) is 12.1 Å². The Morgan fingerprint density at radius 2 is 2.00 bits per heavy atom. The molecule has 0 atom stereocenters. The molecule has 0 N–H and O–H groups in total. The van der Waals surface area contributed by atoms with Gasteiger partial charge in [-0.15, -0.1) is 0 Å². The highest BCUT2D eigenvalue weighted by molar-refractivity contribution is 4.87. The highest BCUT2D eigenvalue weighted by atomic mass is 19.1. The average molecular weight is 144 g/mol. The molecule has 0 aromatic rings. The van der Waals surface area contributed by atoms with Crippen molar-refractivity contribution in [2.45, 2.75) is 39.5 Å². The van der Waals surface area contributed by atoms with E-state index in [1.807, 2.05) is 0 Å². The molecule has 0 nitrogen and oxygen atoms in total. The molecule has 1 fully saturated rings. The zero-order chi connectivity index (χ0) is 7.61. The molecular weight excluding hydrogens is 127 g/mol. The molecular formula is C9H17F. The van der Waals surface area contributed by atoms with E-state index in [9.17, 15) is 4.39 Å². The van der Waals surface area contributed by atoms with Crippen molar-refractivity contribution in [1.82, 2.24) is 0 Å². The molecule has 0 aliphatic heterocycles. The van der Waals surface area contributed by atoms with Gasteiger partial charge < -0.3 is 0 Å². The Morgan fingerprint density at radius 3 is 2.10 bits per heavy atom. The van der Waals surface area contributed by atoms with Gasteiger partial charge >= 0.3 is 0 Å². The van der Waals surface area contributed by atoms with Crippen molar-refractivity contribution in [3.63, 3.8) is 0 Å². The summed E-state index contributed by atoms with van der Waals surface area (Å²) in [6.45, 7) is 4.26. The Kier molecular flexibility index (Phi) is 2.32. The first kappa shape index (κ1) is 8.03. The molecule has 1 aliphatic carbocycles. The fourth-order valence-corrected chi connectivity index (χ4v) is 1.94. The summed E-state index contributed by atoms with van der Waals surface area (Å²) in [5.74, 6) is 0.663. The van der Waals surface area contributed by atoms with Crippen molar-refractivity contribution >= 4 is 0 Å². The highest BCUT2D eigenvalue weighted by Gasteiger charge is 2.37. The highest BCUT2D eigenvalue weighted by Crippen LogP contribution is 2.45. The molecule has 0 spiro atoms. The summed E-state index contributed by atoms with van der Waals surface area (Å²) in [5.41, 5.74) is 0.119. The molecule has 0 aromatic heterocycles. The minimum absolute atomic E-state index is 0.0921. The van der Waals surface area contributed by atoms with Gasteiger partial charge in [-0.3, -0.25) is 4.39 Å². The van der Waals surface area contributed by atoms with Crippen LogP contribution in [-0.4, -0.2) is 6.67 Å². The molecule has 10 heavy (non-hydrogen) atoms. The molecule has 1 aliphatic rings. The fraction of sp³-hybridized carbons (Fsp3) is 1.00. The maximum absolute atomic E-state index is 12.5. The monoisotopic (exact) mass is 144 g/mol. The van der Waals surface area contributed by atoms with Gasteiger partial charge in [0, 0.05) is 0 Å². The number of halogens is 1. The van der Waals surface area contributed by atoms with Gasteiger partial charge in [-0.1, -0.05) is 20.3 Å². The molecule has 0 saturated heterocycles. The van der Waals surface area contributed by atoms with Crippen LogP contribution in [0.5, 0.6) is 0 Å². The summed E-state index contributed by atoms with van der Waals surface area (Å²) in [7, 11) is 0. The number of alkyl halides is 1. The van der Waals surface area contributed by atoms with E-state index in [1.54, 1.807) is 0 Å². The standard InChI is InChI=1S/C9H17F/c1-8(2)6-9(7-10)4-3-5-9/h8H,3-7H2,1-2H3. The van der Waals surface area contributed by atoms with E-state index >= 15 is 0 Å². The van der Waals surface area contributed by atoms with Crippen LogP contribution in [0.3, 0.4) is 0 Å². The Balaban J connectivity index is 2.33. The van der Waals surface area contributed by atoms with Gasteiger partial charge in [-0.05, 0) is 30.6 Å². The zero-order valence-electron chi connectivity index (χ0n) is 6.99. The van der Waals surface area contributed by atoms with Crippen LogP contribution in [0.4, 0.5) is 4.39 Å². The van der Waals surface area contributed by atoms with Crippen LogP contribution in [0.15, 0.2) is 0 Å². The largest absolute Gasteiger partial charge is 0.250 e. The van der Waals surface area contributed by atoms with Gasteiger partial charge in [-0.2, -0.15) is 0 Å². The molecule has 0 bridgehead atoms. The van der Waals surface area contributed by atoms with Gasteiger partial charge in [0.25, 0.3) is 0 Å². The minimum atomic E-state index is -0.0921. The first-order valence-electron chi connectivity index (χ1n) is 4.24. The summed E-state index contributed by atoms with van der Waals surface area (Å²) in [5, 5.41) is 0. The second-order valence-corrected chi connectivity index (χ2v) is 4.09. The number of hydrogen-bond acceptors (Lipinski definition) is 0. The lowest BCUT2D eigenvalue weighted by Crippen LogP contribution is -2.32. The topological polar surface area (TPSA) is 0 Å². The van der Waals surface area contributed by atoms with E-state index in [4.69, 9.17) is 0 Å². The summed E-state index contributed by atoms with van der Waals surface area (Å²) >= 11 is 0. The van der Waals surface area contributed by atoms with Crippen molar-refractivity contribution in [2.75, 3.05) is 6.67 Å². The van der Waals surface area contributed by atoms with Crippen molar-refractivity contribution < 1.29 is 4.39 Å². The molecule has 0 heterocycles.